The van der Waals surface area contributed by atoms with Gasteiger partial charge < -0.3 is 5.32 Å². The molecule has 2 atom stereocenters. The summed E-state index contributed by atoms with van der Waals surface area (Å²) >= 11 is 1.73. The monoisotopic (exact) mass is 241 g/mol. The molecule has 92 valence electrons. The van der Waals surface area contributed by atoms with E-state index in [0.29, 0.717) is 17.4 Å². The van der Waals surface area contributed by atoms with Gasteiger partial charge in [-0.05, 0) is 25.3 Å². The zero-order valence-corrected chi connectivity index (χ0v) is 12.0. The van der Waals surface area contributed by atoms with E-state index in [9.17, 15) is 0 Å². The second kappa shape index (κ2) is 5.23. The first-order chi connectivity index (χ1) is 7.34. The number of nitrogens with zero attached hydrogens (tertiary/aromatic N) is 2. The van der Waals surface area contributed by atoms with E-state index >= 15 is 0 Å². The zero-order chi connectivity index (χ0) is 12.3. The van der Waals surface area contributed by atoms with Gasteiger partial charge in [0.2, 0.25) is 0 Å². The van der Waals surface area contributed by atoms with E-state index in [1.807, 2.05) is 7.05 Å². The van der Waals surface area contributed by atoms with E-state index in [2.05, 4.69) is 50.1 Å². The van der Waals surface area contributed by atoms with Gasteiger partial charge in [-0.15, -0.1) is 10.2 Å². The van der Waals surface area contributed by atoms with E-state index in [1.165, 1.54) is 0 Å². The lowest BCUT2D eigenvalue weighted by atomic mass is 9.80. The molecule has 0 bridgehead atoms. The predicted molar refractivity (Wildman–Crippen MR) is 69.7 cm³/mol. The topological polar surface area (TPSA) is 37.8 Å². The van der Waals surface area contributed by atoms with Gasteiger partial charge >= 0.3 is 0 Å². The molecular formula is C12H23N3S. The Kier molecular flexibility index (Phi) is 4.44. The lowest BCUT2D eigenvalue weighted by Crippen LogP contribution is -2.19. The molecule has 0 fully saturated rings. The Balaban J connectivity index is 2.66. The Labute approximate surface area is 103 Å². The summed E-state index contributed by atoms with van der Waals surface area (Å²) in [6, 6.07) is 0.302. The molecular weight excluding hydrogens is 218 g/mol. The van der Waals surface area contributed by atoms with Gasteiger partial charge in [-0.1, -0.05) is 39.0 Å². The summed E-state index contributed by atoms with van der Waals surface area (Å²) in [5.41, 5.74) is 0.334. The third kappa shape index (κ3) is 3.52. The Morgan fingerprint density at radius 2 is 1.88 bits per heavy atom. The van der Waals surface area contributed by atoms with Crippen LogP contribution < -0.4 is 5.32 Å². The molecule has 0 amide bonds. The minimum atomic E-state index is 0.302. The van der Waals surface area contributed by atoms with Gasteiger partial charge in [0.05, 0.1) is 6.04 Å². The summed E-state index contributed by atoms with van der Waals surface area (Å²) in [7, 11) is 1.95. The first-order valence-electron chi connectivity index (χ1n) is 5.84. The predicted octanol–water partition coefficient (Wildman–Crippen LogP) is 3.04. The summed E-state index contributed by atoms with van der Waals surface area (Å²) in [6.07, 6.45) is 1.03. The largest absolute Gasteiger partial charge is 0.311 e. The van der Waals surface area contributed by atoms with Gasteiger partial charge in [0.15, 0.2) is 0 Å². The number of hydrogen-bond acceptors (Lipinski definition) is 4. The van der Waals surface area contributed by atoms with Crippen LogP contribution in [0.2, 0.25) is 0 Å². The van der Waals surface area contributed by atoms with Gasteiger partial charge in [0.25, 0.3) is 0 Å². The quantitative estimate of drug-likeness (QED) is 0.880. The number of hydrogen-bond donors (Lipinski definition) is 1. The molecule has 3 nitrogen and oxygen atoms in total. The minimum absolute atomic E-state index is 0.302. The Bertz CT molecular complexity index is 327. The summed E-state index contributed by atoms with van der Waals surface area (Å²) in [5, 5.41) is 13.9. The van der Waals surface area contributed by atoms with Crippen molar-refractivity contribution in [3.05, 3.63) is 10.0 Å². The van der Waals surface area contributed by atoms with Crippen LogP contribution in [-0.4, -0.2) is 17.2 Å². The SMILES string of the molecule is CNC(C)c1nnc(CC(C)C(C)(C)C)s1. The van der Waals surface area contributed by atoms with Gasteiger partial charge in [-0.2, -0.15) is 0 Å². The smallest absolute Gasteiger partial charge is 0.134 e. The van der Waals surface area contributed by atoms with Gasteiger partial charge in [-0.25, -0.2) is 0 Å². The van der Waals surface area contributed by atoms with Crippen molar-refractivity contribution in [2.45, 2.75) is 47.1 Å². The van der Waals surface area contributed by atoms with Crippen molar-refractivity contribution in [2.75, 3.05) is 7.05 Å². The third-order valence-corrected chi connectivity index (χ3v) is 4.37. The lowest BCUT2D eigenvalue weighted by Gasteiger charge is -2.26. The van der Waals surface area contributed by atoms with E-state index in [0.717, 1.165) is 16.4 Å². The van der Waals surface area contributed by atoms with E-state index in [-0.39, 0.29) is 0 Å². The highest BCUT2D eigenvalue weighted by molar-refractivity contribution is 7.11. The van der Waals surface area contributed by atoms with E-state index in [1.54, 1.807) is 11.3 Å². The van der Waals surface area contributed by atoms with Crippen LogP contribution in [0, 0.1) is 11.3 Å². The van der Waals surface area contributed by atoms with Crippen LogP contribution >= 0.6 is 11.3 Å². The molecule has 0 aromatic carbocycles. The first-order valence-corrected chi connectivity index (χ1v) is 6.65. The molecule has 4 heteroatoms. The molecule has 0 aliphatic heterocycles. The average molecular weight is 241 g/mol. The molecule has 0 aliphatic rings. The fraction of sp³-hybridized carbons (Fsp3) is 0.833. The second-order valence-corrected chi connectivity index (χ2v) is 6.61. The van der Waals surface area contributed by atoms with Crippen LogP contribution in [0.25, 0.3) is 0 Å². The van der Waals surface area contributed by atoms with Gasteiger partial charge in [-0.3, -0.25) is 0 Å². The van der Waals surface area contributed by atoms with Crippen molar-refractivity contribution in [1.29, 1.82) is 0 Å². The summed E-state index contributed by atoms with van der Waals surface area (Å²) in [5.74, 6) is 0.623. The van der Waals surface area contributed by atoms with Crippen molar-refractivity contribution >= 4 is 11.3 Å². The maximum Gasteiger partial charge on any atom is 0.134 e. The van der Waals surface area contributed by atoms with Crippen molar-refractivity contribution in [1.82, 2.24) is 15.5 Å². The van der Waals surface area contributed by atoms with E-state index in [4.69, 9.17) is 0 Å². The fourth-order valence-corrected chi connectivity index (χ4v) is 2.25. The van der Waals surface area contributed by atoms with Crippen LogP contribution in [-0.2, 0) is 6.42 Å². The maximum absolute atomic E-state index is 4.27. The minimum Gasteiger partial charge on any atom is -0.311 e. The molecule has 16 heavy (non-hydrogen) atoms. The van der Waals surface area contributed by atoms with E-state index < -0.39 is 0 Å². The first kappa shape index (κ1) is 13.6. The molecule has 1 aromatic heterocycles. The summed E-state index contributed by atoms with van der Waals surface area (Å²) < 4.78 is 0. The Morgan fingerprint density at radius 1 is 1.25 bits per heavy atom. The molecule has 1 heterocycles. The number of aromatic nitrogens is 2. The van der Waals surface area contributed by atoms with Crippen molar-refractivity contribution in [3.8, 4) is 0 Å². The summed E-state index contributed by atoms with van der Waals surface area (Å²) in [6.45, 7) is 11.2. The van der Waals surface area contributed by atoms with Crippen molar-refractivity contribution < 1.29 is 0 Å². The third-order valence-electron chi connectivity index (χ3n) is 3.25. The standard InChI is InChI=1S/C12H23N3S/c1-8(12(3,4)5)7-10-14-15-11(16-10)9(2)13-6/h8-9,13H,7H2,1-6H3. The van der Waals surface area contributed by atoms with Crippen molar-refractivity contribution in [3.63, 3.8) is 0 Å². The fourth-order valence-electron chi connectivity index (χ4n) is 1.22. The molecule has 0 aliphatic carbocycles. The van der Waals surface area contributed by atoms with Crippen LogP contribution in [0.3, 0.4) is 0 Å². The van der Waals surface area contributed by atoms with Gasteiger partial charge in [0, 0.05) is 6.42 Å². The van der Waals surface area contributed by atoms with Crippen LogP contribution in [0.15, 0.2) is 0 Å². The summed E-state index contributed by atoms with van der Waals surface area (Å²) in [4.78, 5) is 0. The van der Waals surface area contributed by atoms with Crippen molar-refractivity contribution in [2.24, 2.45) is 11.3 Å². The average Bonchev–Trinajstić information content (AvgIpc) is 2.63. The normalized spacial score (nSPS) is 16.1. The molecule has 1 aromatic rings. The Hall–Kier alpha value is -0.480. The molecule has 2 unspecified atom stereocenters. The van der Waals surface area contributed by atoms with Crippen LogP contribution in [0.5, 0.6) is 0 Å². The van der Waals surface area contributed by atoms with Crippen LogP contribution in [0.1, 0.15) is 50.7 Å². The second-order valence-electron chi connectivity index (χ2n) is 5.52. The molecule has 0 spiro atoms. The number of nitrogens with one attached hydrogen (secondary N) is 1. The number of rotatable bonds is 4. The molecule has 1 N–H and O–H groups in total. The highest BCUT2D eigenvalue weighted by atomic mass is 32.1. The highest BCUT2D eigenvalue weighted by Crippen LogP contribution is 2.29. The molecule has 0 radical (unpaired) electrons. The lowest BCUT2D eigenvalue weighted by molar-refractivity contribution is 0.259. The van der Waals surface area contributed by atoms with Gasteiger partial charge in [0.1, 0.15) is 10.0 Å². The Morgan fingerprint density at radius 3 is 2.38 bits per heavy atom. The molecule has 0 saturated heterocycles. The molecule has 0 saturated carbocycles. The highest BCUT2D eigenvalue weighted by Gasteiger charge is 2.22. The van der Waals surface area contributed by atoms with Crippen LogP contribution in [0.4, 0.5) is 0 Å². The maximum atomic E-state index is 4.27. The molecule has 1 rings (SSSR count). The zero-order valence-electron chi connectivity index (χ0n) is 11.2.